The normalized spacial score (nSPS) is 13.9. The summed E-state index contributed by atoms with van der Waals surface area (Å²) in [4.78, 5) is 39.6. The van der Waals surface area contributed by atoms with Crippen molar-refractivity contribution in [3.05, 3.63) is 18.2 Å². The molecule has 0 aliphatic rings. The summed E-state index contributed by atoms with van der Waals surface area (Å²) in [6.45, 7) is 0.784. The molecule has 1 heterocycles. The lowest BCUT2D eigenvalue weighted by Crippen LogP contribution is -2.34. The first kappa shape index (κ1) is 15.5. The highest BCUT2D eigenvalue weighted by molar-refractivity contribution is 7.72. The summed E-state index contributed by atoms with van der Waals surface area (Å²) >= 11 is 0. The summed E-state index contributed by atoms with van der Waals surface area (Å²) in [5, 5.41) is 6.25. The Labute approximate surface area is 102 Å². The highest BCUT2D eigenvalue weighted by atomic mass is 31.2. The molecule has 1 aromatic heterocycles. The molecule has 0 radical (unpaired) electrons. The van der Waals surface area contributed by atoms with E-state index in [0.717, 1.165) is 10.9 Å². The third-order valence-electron chi connectivity index (χ3n) is 2.48. The van der Waals surface area contributed by atoms with Gasteiger partial charge in [0.05, 0.1) is 12.9 Å². The molecule has 0 atom stereocenters. The minimum atomic E-state index is -5.44. The van der Waals surface area contributed by atoms with E-state index >= 15 is 0 Å². The molecule has 0 fully saturated rings. The van der Waals surface area contributed by atoms with Crippen LogP contribution < -0.4 is 0 Å². The van der Waals surface area contributed by atoms with Crippen LogP contribution in [0, 0.1) is 0 Å². The molecule has 0 aromatic carbocycles. The molecule has 0 unspecified atom stereocenters. The van der Waals surface area contributed by atoms with Crippen molar-refractivity contribution in [1.29, 1.82) is 0 Å². The Bertz CT molecular complexity index is 494. The molecule has 0 saturated heterocycles. The summed E-state index contributed by atoms with van der Waals surface area (Å²) in [5.41, 5.74) is 0.482. The number of nitrogens with zero attached hydrogens (tertiary/aromatic N) is 2. The SMILES string of the molecule is CCc1cncn1CC(O)(P(=O)(O)O)P(=O)(O)O. The second kappa shape index (κ2) is 4.86. The van der Waals surface area contributed by atoms with Gasteiger partial charge >= 0.3 is 15.2 Å². The highest BCUT2D eigenvalue weighted by Gasteiger charge is 2.59. The molecule has 0 aliphatic carbocycles. The summed E-state index contributed by atoms with van der Waals surface area (Å²) < 4.78 is 23.4. The number of aromatic nitrogens is 2. The van der Waals surface area contributed by atoms with Crippen molar-refractivity contribution in [3.8, 4) is 0 Å². The first-order valence-corrected chi connectivity index (χ1v) is 8.08. The maximum atomic E-state index is 11.1. The van der Waals surface area contributed by atoms with Crippen molar-refractivity contribution >= 4 is 15.2 Å². The quantitative estimate of drug-likeness (QED) is 0.454. The van der Waals surface area contributed by atoms with Crippen LogP contribution in [0.25, 0.3) is 0 Å². The van der Waals surface area contributed by atoms with Gasteiger partial charge < -0.3 is 29.2 Å². The Morgan fingerprint density at radius 1 is 1.28 bits per heavy atom. The number of hydrogen-bond acceptors (Lipinski definition) is 4. The molecule has 1 rings (SSSR count). The molecule has 18 heavy (non-hydrogen) atoms. The molecular formula is C7H14N2O7P2. The van der Waals surface area contributed by atoms with Gasteiger partial charge in [-0.3, -0.25) is 9.13 Å². The van der Waals surface area contributed by atoms with Crippen LogP contribution >= 0.6 is 15.2 Å². The predicted molar refractivity (Wildman–Crippen MR) is 60.6 cm³/mol. The topological polar surface area (TPSA) is 153 Å². The fourth-order valence-corrected chi connectivity index (χ4v) is 3.40. The molecule has 0 amide bonds. The molecule has 0 bridgehead atoms. The van der Waals surface area contributed by atoms with E-state index in [2.05, 4.69) is 4.98 Å². The molecule has 11 heteroatoms. The fraction of sp³-hybridized carbons (Fsp3) is 0.571. The van der Waals surface area contributed by atoms with Gasteiger partial charge in [-0.25, -0.2) is 4.98 Å². The Morgan fingerprint density at radius 3 is 2.17 bits per heavy atom. The first-order chi connectivity index (χ1) is 8.03. The van der Waals surface area contributed by atoms with Crippen LogP contribution in [0.15, 0.2) is 12.5 Å². The standard InChI is InChI=1S/C7H14N2O7P2/c1-2-6-3-8-5-9(6)4-7(10,17(11,12)13)18(14,15)16/h3,5,10H,2,4H2,1H3,(H2,11,12,13)(H2,14,15,16). The number of aryl methyl sites for hydroxylation is 1. The summed E-state index contributed by atoms with van der Waals surface area (Å²) in [7, 11) is -10.9. The third kappa shape index (κ3) is 2.73. The number of hydrogen-bond donors (Lipinski definition) is 5. The molecule has 0 aliphatic heterocycles. The third-order valence-corrected chi connectivity index (χ3v) is 6.19. The molecular weight excluding hydrogens is 286 g/mol. The lowest BCUT2D eigenvalue weighted by molar-refractivity contribution is 0.114. The van der Waals surface area contributed by atoms with Crippen LogP contribution in [0.1, 0.15) is 12.6 Å². The van der Waals surface area contributed by atoms with Gasteiger partial charge in [-0.1, -0.05) is 6.92 Å². The van der Waals surface area contributed by atoms with Gasteiger partial charge in [0.15, 0.2) is 0 Å². The summed E-state index contributed by atoms with van der Waals surface area (Å²) in [6.07, 6.45) is 2.94. The van der Waals surface area contributed by atoms with Crippen LogP contribution in [-0.4, -0.2) is 39.3 Å². The van der Waals surface area contributed by atoms with Gasteiger partial charge in [0.25, 0.3) is 5.08 Å². The average molecular weight is 300 g/mol. The lowest BCUT2D eigenvalue weighted by Gasteiger charge is -2.29. The highest BCUT2D eigenvalue weighted by Crippen LogP contribution is 2.68. The van der Waals surface area contributed by atoms with E-state index in [1.165, 1.54) is 6.20 Å². The minimum absolute atomic E-state index is 0.429. The maximum Gasteiger partial charge on any atom is 0.371 e. The average Bonchev–Trinajstić information content (AvgIpc) is 2.61. The van der Waals surface area contributed by atoms with Crippen molar-refractivity contribution in [3.63, 3.8) is 0 Å². The molecule has 9 nitrogen and oxygen atoms in total. The predicted octanol–water partition coefficient (Wildman–Crippen LogP) is -0.553. The zero-order valence-electron chi connectivity index (χ0n) is 9.41. The van der Waals surface area contributed by atoms with Crippen molar-refractivity contribution < 1.29 is 33.8 Å². The van der Waals surface area contributed by atoms with Gasteiger partial charge in [0.2, 0.25) is 0 Å². The van der Waals surface area contributed by atoms with Crippen molar-refractivity contribution in [2.45, 2.75) is 25.0 Å². The van der Waals surface area contributed by atoms with Crippen LogP contribution in [0.5, 0.6) is 0 Å². The van der Waals surface area contributed by atoms with E-state index < -0.39 is 26.8 Å². The smallest absolute Gasteiger partial charge is 0.366 e. The van der Waals surface area contributed by atoms with Gasteiger partial charge in [-0.05, 0) is 6.42 Å². The summed E-state index contributed by atoms with van der Waals surface area (Å²) in [6, 6.07) is 0. The molecule has 0 spiro atoms. The molecule has 5 N–H and O–H groups in total. The van der Waals surface area contributed by atoms with Crippen LogP contribution in [0.4, 0.5) is 0 Å². The second-order valence-corrected chi connectivity index (χ2v) is 7.74. The van der Waals surface area contributed by atoms with Gasteiger partial charge in [-0.15, -0.1) is 0 Å². The zero-order valence-corrected chi connectivity index (χ0v) is 11.2. The van der Waals surface area contributed by atoms with E-state index in [9.17, 15) is 14.2 Å². The van der Waals surface area contributed by atoms with E-state index in [0.29, 0.717) is 12.1 Å². The lowest BCUT2D eigenvalue weighted by atomic mass is 10.3. The van der Waals surface area contributed by atoms with Crippen molar-refractivity contribution in [2.75, 3.05) is 0 Å². The zero-order chi connectivity index (χ0) is 14.2. The largest absolute Gasteiger partial charge is 0.371 e. The van der Waals surface area contributed by atoms with Crippen molar-refractivity contribution in [2.24, 2.45) is 0 Å². The Kier molecular flexibility index (Phi) is 4.19. The van der Waals surface area contributed by atoms with Gasteiger partial charge in [0.1, 0.15) is 0 Å². The second-order valence-electron chi connectivity index (χ2n) is 3.73. The molecule has 0 saturated carbocycles. The van der Waals surface area contributed by atoms with E-state index in [1.807, 2.05) is 0 Å². The van der Waals surface area contributed by atoms with Crippen molar-refractivity contribution in [1.82, 2.24) is 9.55 Å². The van der Waals surface area contributed by atoms with Gasteiger partial charge in [-0.2, -0.15) is 0 Å². The Balaban J connectivity index is 3.25. The fourth-order valence-electron chi connectivity index (χ4n) is 1.37. The number of imidazole rings is 1. The first-order valence-electron chi connectivity index (χ1n) is 4.85. The maximum absolute atomic E-state index is 11.1. The number of rotatable bonds is 5. The Morgan fingerprint density at radius 2 is 1.78 bits per heavy atom. The molecule has 1 aromatic rings. The van der Waals surface area contributed by atoms with Crippen LogP contribution in [0.3, 0.4) is 0 Å². The Hall–Kier alpha value is -0.530. The summed E-state index contributed by atoms with van der Waals surface area (Å²) in [5.74, 6) is 0. The molecule has 104 valence electrons. The van der Waals surface area contributed by atoms with E-state index in [-0.39, 0.29) is 0 Å². The van der Waals surface area contributed by atoms with E-state index in [4.69, 9.17) is 19.6 Å². The number of aliphatic hydroxyl groups is 1. The van der Waals surface area contributed by atoms with Crippen LogP contribution in [0.2, 0.25) is 0 Å². The van der Waals surface area contributed by atoms with Crippen LogP contribution in [-0.2, 0) is 22.1 Å². The minimum Gasteiger partial charge on any atom is -0.366 e. The monoisotopic (exact) mass is 300 g/mol. The van der Waals surface area contributed by atoms with Gasteiger partial charge in [0, 0.05) is 11.9 Å². The van der Waals surface area contributed by atoms with E-state index in [1.54, 1.807) is 6.92 Å².